The number of carbonyl (C=O) groups excluding carboxylic acids is 2. The number of hydrogen-bond acceptors (Lipinski definition) is 6. The Bertz CT molecular complexity index is 514. The van der Waals surface area contributed by atoms with E-state index in [-0.39, 0.29) is 10.6 Å². The summed E-state index contributed by atoms with van der Waals surface area (Å²) in [5.74, 6) is -3.47. The molecule has 0 aromatic heterocycles. The molecule has 0 amide bonds. The highest BCUT2D eigenvalue weighted by molar-refractivity contribution is 6.33. The van der Waals surface area contributed by atoms with Crippen LogP contribution in [-0.2, 0) is 19.1 Å². The van der Waals surface area contributed by atoms with Crippen LogP contribution in [0.4, 0.5) is 5.69 Å². The molecule has 0 radical (unpaired) electrons. The smallest absolute Gasteiger partial charge is 0.324 e. The van der Waals surface area contributed by atoms with Gasteiger partial charge in [0.25, 0.3) is 5.69 Å². The number of esters is 2. The van der Waals surface area contributed by atoms with Crippen molar-refractivity contribution in [1.29, 1.82) is 0 Å². The van der Waals surface area contributed by atoms with E-state index in [9.17, 15) is 19.7 Å². The van der Waals surface area contributed by atoms with Crippen LogP contribution in [-0.4, -0.2) is 31.1 Å². The third-order valence-corrected chi connectivity index (χ3v) is 2.69. The molecule has 0 bridgehead atoms. The SMILES string of the molecule is COC(=O)C(C(=O)OC)c1cccc(Cl)c1[N+](=O)[O-]. The van der Waals surface area contributed by atoms with Crippen LogP contribution in [0, 0.1) is 10.1 Å². The number of ether oxygens (including phenoxy) is 2. The van der Waals surface area contributed by atoms with Crippen LogP contribution in [0.25, 0.3) is 0 Å². The summed E-state index contributed by atoms with van der Waals surface area (Å²) in [5, 5.41) is 10.8. The fraction of sp³-hybridized carbons (Fsp3) is 0.273. The molecule has 7 nitrogen and oxygen atoms in total. The average molecular weight is 288 g/mol. The van der Waals surface area contributed by atoms with E-state index in [4.69, 9.17) is 11.6 Å². The zero-order valence-electron chi connectivity index (χ0n) is 10.1. The first-order valence-electron chi connectivity index (χ1n) is 5.02. The highest BCUT2D eigenvalue weighted by atomic mass is 35.5. The molecule has 8 heteroatoms. The van der Waals surface area contributed by atoms with Gasteiger partial charge in [-0.25, -0.2) is 0 Å². The molecule has 19 heavy (non-hydrogen) atoms. The minimum absolute atomic E-state index is 0.170. The molecule has 0 spiro atoms. The normalized spacial score (nSPS) is 10.1. The van der Waals surface area contributed by atoms with Crippen molar-refractivity contribution in [3.05, 3.63) is 38.9 Å². The zero-order valence-corrected chi connectivity index (χ0v) is 10.8. The van der Waals surface area contributed by atoms with Crippen LogP contribution in [0.5, 0.6) is 0 Å². The van der Waals surface area contributed by atoms with Crippen LogP contribution in [0.15, 0.2) is 18.2 Å². The lowest BCUT2D eigenvalue weighted by molar-refractivity contribution is -0.385. The molecular formula is C11H10ClNO6. The van der Waals surface area contributed by atoms with Gasteiger partial charge in [-0.05, 0) is 6.07 Å². The molecule has 0 fully saturated rings. The van der Waals surface area contributed by atoms with Gasteiger partial charge >= 0.3 is 11.9 Å². The van der Waals surface area contributed by atoms with E-state index in [0.717, 1.165) is 14.2 Å². The van der Waals surface area contributed by atoms with Gasteiger partial charge in [0.1, 0.15) is 5.02 Å². The maximum absolute atomic E-state index is 11.6. The standard InChI is InChI=1S/C11H10ClNO6/c1-18-10(14)8(11(15)19-2)6-4-3-5-7(12)9(6)13(16)17/h3-5,8H,1-2H3. The van der Waals surface area contributed by atoms with Crippen molar-refractivity contribution >= 4 is 29.2 Å². The van der Waals surface area contributed by atoms with Crippen LogP contribution in [0.1, 0.15) is 11.5 Å². The van der Waals surface area contributed by atoms with Crippen LogP contribution >= 0.6 is 11.6 Å². The van der Waals surface area contributed by atoms with Crippen molar-refractivity contribution in [2.45, 2.75) is 5.92 Å². The first kappa shape index (κ1) is 14.9. The van der Waals surface area contributed by atoms with Crippen molar-refractivity contribution in [3.63, 3.8) is 0 Å². The molecule has 0 aliphatic rings. The Hall–Kier alpha value is -2.15. The minimum atomic E-state index is -1.55. The lowest BCUT2D eigenvalue weighted by Crippen LogP contribution is -2.25. The largest absolute Gasteiger partial charge is 0.468 e. The molecule has 0 saturated heterocycles. The van der Waals surface area contributed by atoms with Gasteiger partial charge in [-0.15, -0.1) is 0 Å². The second-order valence-corrected chi connectivity index (χ2v) is 3.82. The van der Waals surface area contributed by atoms with E-state index in [1.54, 1.807) is 0 Å². The molecule has 0 unspecified atom stereocenters. The molecular weight excluding hydrogens is 278 g/mol. The summed E-state index contributed by atoms with van der Waals surface area (Å²) in [7, 11) is 2.13. The fourth-order valence-corrected chi connectivity index (χ4v) is 1.79. The third kappa shape index (κ3) is 3.00. The molecule has 0 aliphatic heterocycles. The molecule has 0 aliphatic carbocycles. The van der Waals surface area contributed by atoms with Gasteiger partial charge in [0.2, 0.25) is 0 Å². The zero-order chi connectivity index (χ0) is 14.6. The van der Waals surface area contributed by atoms with E-state index in [1.807, 2.05) is 0 Å². The second kappa shape index (κ2) is 6.14. The number of rotatable bonds is 4. The van der Waals surface area contributed by atoms with Gasteiger partial charge < -0.3 is 9.47 Å². The lowest BCUT2D eigenvalue weighted by Gasteiger charge is -2.13. The van der Waals surface area contributed by atoms with Gasteiger partial charge in [0.15, 0.2) is 5.92 Å². The van der Waals surface area contributed by atoms with E-state index < -0.39 is 28.5 Å². The molecule has 0 saturated carbocycles. The molecule has 0 N–H and O–H groups in total. The Morgan fingerprint density at radius 2 is 1.79 bits per heavy atom. The number of carbonyl (C=O) groups is 2. The summed E-state index contributed by atoms with van der Waals surface area (Å²) in [6.45, 7) is 0. The summed E-state index contributed by atoms with van der Waals surface area (Å²) >= 11 is 5.72. The van der Waals surface area contributed by atoms with Crippen LogP contribution in [0.2, 0.25) is 5.02 Å². The first-order valence-corrected chi connectivity index (χ1v) is 5.40. The first-order chi connectivity index (χ1) is 8.93. The Morgan fingerprint density at radius 1 is 1.26 bits per heavy atom. The number of nitro groups is 1. The van der Waals surface area contributed by atoms with Crippen LogP contribution in [0.3, 0.4) is 0 Å². The molecule has 1 rings (SSSR count). The summed E-state index contributed by atoms with van der Waals surface area (Å²) < 4.78 is 8.92. The molecule has 102 valence electrons. The molecule has 1 aromatic rings. The van der Waals surface area contributed by atoms with Crippen molar-refractivity contribution in [3.8, 4) is 0 Å². The number of hydrogen-bond donors (Lipinski definition) is 0. The predicted molar refractivity (Wildman–Crippen MR) is 64.9 cm³/mol. The molecule has 0 atom stereocenters. The van der Waals surface area contributed by atoms with Gasteiger partial charge in [0.05, 0.1) is 24.7 Å². The van der Waals surface area contributed by atoms with E-state index in [2.05, 4.69) is 9.47 Å². The predicted octanol–water partition coefficient (Wildman–Crippen LogP) is 1.68. The maximum atomic E-state index is 11.6. The van der Waals surface area contributed by atoms with Gasteiger partial charge in [-0.1, -0.05) is 23.7 Å². The number of methoxy groups -OCH3 is 2. The number of para-hydroxylation sites is 1. The summed E-state index contributed by atoms with van der Waals surface area (Å²) in [6.07, 6.45) is 0. The number of benzene rings is 1. The van der Waals surface area contributed by atoms with Gasteiger partial charge in [0, 0.05) is 0 Å². The van der Waals surface area contributed by atoms with E-state index >= 15 is 0 Å². The monoisotopic (exact) mass is 287 g/mol. The number of nitro benzene ring substituents is 1. The third-order valence-electron chi connectivity index (χ3n) is 2.39. The summed E-state index contributed by atoms with van der Waals surface area (Å²) in [6, 6.07) is 3.93. The Morgan fingerprint density at radius 3 is 2.21 bits per heavy atom. The average Bonchev–Trinajstić information content (AvgIpc) is 2.38. The summed E-state index contributed by atoms with van der Waals surface area (Å²) in [5.41, 5.74) is -0.693. The highest BCUT2D eigenvalue weighted by Gasteiger charge is 2.37. The van der Waals surface area contributed by atoms with Crippen molar-refractivity contribution in [2.24, 2.45) is 0 Å². The Labute approximate surface area is 113 Å². The van der Waals surface area contributed by atoms with Crippen LogP contribution < -0.4 is 0 Å². The van der Waals surface area contributed by atoms with Gasteiger partial charge in [-0.2, -0.15) is 0 Å². The van der Waals surface area contributed by atoms with Crippen molar-refractivity contribution in [1.82, 2.24) is 0 Å². The van der Waals surface area contributed by atoms with E-state index in [1.165, 1.54) is 18.2 Å². The Kier molecular flexibility index (Phi) is 4.82. The van der Waals surface area contributed by atoms with Crippen molar-refractivity contribution < 1.29 is 24.0 Å². The number of nitrogens with zero attached hydrogens (tertiary/aromatic N) is 1. The van der Waals surface area contributed by atoms with Gasteiger partial charge in [-0.3, -0.25) is 19.7 Å². The lowest BCUT2D eigenvalue weighted by atomic mass is 9.97. The Balaban J connectivity index is 3.46. The summed E-state index contributed by atoms with van der Waals surface area (Å²) in [4.78, 5) is 33.4. The second-order valence-electron chi connectivity index (χ2n) is 3.41. The molecule has 1 aromatic carbocycles. The van der Waals surface area contributed by atoms with Crippen molar-refractivity contribution in [2.75, 3.05) is 14.2 Å². The molecule has 0 heterocycles. The quantitative estimate of drug-likeness (QED) is 0.362. The van der Waals surface area contributed by atoms with E-state index in [0.29, 0.717) is 0 Å². The topological polar surface area (TPSA) is 95.7 Å². The number of halogens is 1. The fourth-order valence-electron chi connectivity index (χ4n) is 1.54. The maximum Gasteiger partial charge on any atom is 0.324 e. The minimum Gasteiger partial charge on any atom is -0.468 e. The highest BCUT2D eigenvalue weighted by Crippen LogP contribution is 2.34.